The molecule has 0 spiro atoms. The molecule has 3 nitrogen and oxygen atoms in total. The minimum absolute atomic E-state index is 0.121. The third-order valence-corrected chi connectivity index (χ3v) is 5.07. The largest absolute Gasteiger partial charge is 0.367 e. The molecule has 110 valence electrons. The van der Waals surface area contributed by atoms with Gasteiger partial charge in [0.2, 0.25) is 0 Å². The Kier molecular flexibility index (Phi) is 3.69. The first kappa shape index (κ1) is 13.8. The zero-order chi connectivity index (χ0) is 14.2. The topological polar surface area (TPSA) is 32.5 Å². The Labute approximate surface area is 120 Å². The van der Waals surface area contributed by atoms with Crippen LogP contribution in [-0.4, -0.2) is 43.2 Å². The number of para-hydroxylation sites is 1. The van der Waals surface area contributed by atoms with Crippen molar-refractivity contribution in [2.75, 3.05) is 37.6 Å². The molecule has 2 aliphatic rings. The third-order valence-electron chi connectivity index (χ3n) is 5.07. The van der Waals surface area contributed by atoms with Crippen molar-refractivity contribution in [2.45, 2.75) is 25.3 Å². The summed E-state index contributed by atoms with van der Waals surface area (Å²) in [6.07, 6.45) is 2.61. The van der Waals surface area contributed by atoms with Crippen molar-refractivity contribution >= 4 is 5.69 Å². The van der Waals surface area contributed by atoms with Crippen molar-refractivity contribution in [3.8, 4) is 0 Å². The van der Waals surface area contributed by atoms with Gasteiger partial charge in [-0.25, -0.2) is 4.39 Å². The summed E-state index contributed by atoms with van der Waals surface area (Å²) in [6.45, 7) is 6.71. The van der Waals surface area contributed by atoms with E-state index in [1.807, 2.05) is 12.1 Å². The summed E-state index contributed by atoms with van der Waals surface area (Å²) < 4.78 is 13.8. The van der Waals surface area contributed by atoms with E-state index >= 15 is 0 Å². The molecule has 2 N–H and O–H groups in total. The molecular formula is C16H24FN3. The van der Waals surface area contributed by atoms with E-state index in [9.17, 15) is 4.39 Å². The number of halogens is 1. The highest BCUT2D eigenvalue weighted by atomic mass is 19.1. The van der Waals surface area contributed by atoms with E-state index in [0.29, 0.717) is 0 Å². The SMILES string of the molecule is CC(CN)(C1CC1)N1CCN(c2ccccc2F)CC1. The Morgan fingerprint density at radius 2 is 1.85 bits per heavy atom. The Morgan fingerprint density at radius 1 is 1.20 bits per heavy atom. The Hall–Kier alpha value is -1.13. The fraction of sp³-hybridized carbons (Fsp3) is 0.625. The fourth-order valence-corrected chi connectivity index (χ4v) is 3.43. The molecule has 20 heavy (non-hydrogen) atoms. The van der Waals surface area contributed by atoms with Gasteiger partial charge in [-0.3, -0.25) is 4.90 Å². The molecule has 1 unspecified atom stereocenters. The van der Waals surface area contributed by atoms with Gasteiger partial charge in [0.05, 0.1) is 5.69 Å². The van der Waals surface area contributed by atoms with Gasteiger partial charge in [-0.1, -0.05) is 12.1 Å². The van der Waals surface area contributed by atoms with E-state index in [2.05, 4.69) is 16.7 Å². The molecule has 0 aromatic heterocycles. The number of benzene rings is 1. The maximum atomic E-state index is 13.8. The van der Waals surface area contributed by atoms with Gasteiger partial charge >= 0.3 is 0 Å². The zero-order valence-electron chi connectivity index (χ0n) is 12.2. The van der Waals surface area contributed by atoms with Crippen molar-refractivity contribution in [3.05, 3.63) is 30.1 Å². The van der Waals surface area contributed by atoms with E-state index in [1.54, 1.807) is 6.07 Å². The van der Waals surface area contributed by atoms with Gasteiger partial charge in [-0.05, 0) is 37.8 Å². The maximum Gasteiger partial charge on any atom is 0.146 e. The number of nitrogens with two attached hydrogens (primary N) is 1. The molecular weight excluding hydrogens is 253 g/mol. The van der Waals surface area contributed by atoms with Gasteiger partial charge in [0.25, 0.3) is 0 Å². The fourth-order valence-electron chi connectivity index (χ4n) is 3.43. The Morgan fingerprint density at radius 3 is 2.40 bits per heavy atom. The number of nitrogens with zero attached hydrogens (tertiary/aromatic N) is 2. The second kappa shape index (κ2) is 5.34. The van der Waals surface area contributed by atoms with Crippen LogP contribution in [0.15, 0.2) is 24.3 Å². The van der Waals surface area contributed by atoms with Crippen molar-refractivity contribution in [1.29, 1.82) is 0 Å². The normalized spacial score (nSPS) is 23.6. The molecule has 1 aliphatic heterocycles. The summed E-state index contributed by atoms with van der Waals surface area (Å²) >= 11 is 0. The Balaban J connectivity index is 1.66. The molecule has 1 saturated carbocycles. The molecule has 2 fully saturated rings. The van der Waals surface area contributed by atoms with Crippen molar-refractivity contribution in [1.82, 2.24) is 4.90 Å². The highest BCUT2D eigenvalue weighted by Gasteiger charge is 2.45. The second-order valence-corrected chi connectivity index (χ2v) is 6.26. The zero-order valence-corrected chi connectivity index (χ0v) is 12.2. The van der Waals surface area contributed by atoms with Crippen LogP contribution in [0.1, 0.15) is 19.8 Å². The average molecular weight is 277 g/mol. The number of rotatable bonds is 4. The highest BCUT2D eigenvalue weighted by Crippen LogP contribution is 2.42. The first-order valence-electron chi connectivity index (χ1n) is 7.60. The van der Waals surface area contributed by atoms with Crippen molar-refractivity contribution < 1.29 is 4.39 Å². The number of hydrogen-bond donors (Lipinski definition) is 1. The first-order valence-corrected chi connectivity index (χ1v) is 7.60. The second-order valence-electron chi connectivity index (χ2n) is 6.26. The molecule has 1 aliphatic carbocycles. The minimum Gasteiger partial charge on any atom is -0.367 e. The van der Waals surface area contributed by atoms with Crippen LogP contribution in [0, 0.1) is 11.7 Å². The van der Waals surface area contributed by atoms with Crippen LogP contribution in [0.5, 0.6) is 0 Å². The average Bonchev–Trinajstić information content (AvgIpc) is 3.32. The lowest BCUT2D eigenvalue weighted by Crippen LogP contribution is -2.60. The smallest absolute Gasteiger partial charge is 0.146 e. The summed E-state index contributed by atoms with van der Waals surface area (Å²) in [6, 6.07) is 7.05. The molecule has 0 amide bonds. The van der Waals surface area contributed by atoms with Crippen molar-refractivity contribution in [3.63, 3.8) is 0 Å². The first-order chi connectivity index (χ1) is 9.65. The molecule has 3 rings (SSSR count). The molecule has 4 heteroatoms. The predicted molar refractivity (Wildman–Crippen MR) is 80.4 cm³/mol. The van der Waals surface area contributed by atoms with Crippen LogP contribution in [-0.2, 0) is 0 Å². The van der Waals surface area contributed by atoms with Gasteiger partial charge < -0.3 is 10.6 Å². The monoisotopic (exact) mass is 277 g/mol. The third kappa shape index (κ3) is 2.42. The molecule has 0 bridgehead atoms. The van der Waals surface area contributed by atoms with E-state index in [0.717, 1.165) is 44.3 Å². The quantitative estimate of drug-likeness (QED) is 0.914. The van der Waals surface area contributed by atoms with Gasteiger partial charge in [-0.15, -0.1) is 0 Å². The van der Waals surface area contributed by atoms with E-state index in [4.69, 9.17) is 5.73 Å². The van der Waals surface area contributed by atoms with Crippen LogP contribution in [0.25, 0.3) is 0 Å². The molecule has 1 aromatic rings. The van der Waals surface area contributed by atoms with Crippen LogP contribution < -0.4 is 10.6 Å². The lowest BCUT2D eigenvalue weighted by Gasteiger charge is -2.46. The highest BCUT2D eigenvalue weighted by molar-refractivity contribution is 5.48. The van der Waals surface area contributed by atoms with Crippen LogP contribution in [0.3, 0.4) is 0 Å². The number of hydrogen-bond acceptors (Lipinski definition) is 3. The summed E-state index contributed by atoms with van der Waals surface area (Å²) in [5.74, 6) is 0.636. The van der Waals surface area contributed by atoms with Crippen LogP contribution in [0.2, 0.25) is 0 Å². The lowest BCUT2D eigenvalue weighted by atomic mass is 9.92. The number of anilines is 1. The maximum absolute atomic E-state index is 13.8. The van der Waals surface area contributed by atoms with E-state index in [1.165, 1.54) is 18.9 Å². The lowest BCUT2D eigenvalue weighted by molar-refractivity contribution is 0.0824. The summed E-state index contributed by atoms with van der Waals surface area (Å²) in [4.78, 5) is 4.66. The standard InChI is InChI=1S/C16H24FN3/c1-16(12-18,13-6-7-13)20-10-8-19(9-11-20)15-5-3-2-4-14(15)17/h2-5,13H,6-12,18H2,1H3. The molecule has 1 saturated heterocycles. The van der Waals surface area contributed by atoms with Gasteiger partial charge in [-0.2, -0.15) is 0 Å². The van der Waals surface area contributed by atoms with E-state index in [-0.39, 0.29) is 11.4 Å². The van der Waals surface area contributed by atoms with Gasteiger partial charge in [0, 0.05) is 38.3 Å². The molecule has 1 heterocycles. The number of piperazine rings is 1. The summed E-state index contributed by atoms with van der Waals surface area (Å²) in [5.41, 5.74) is 6.90. The summed E-state index contributed by atoms with van der Waals surface area (Å²) in [7, 11) is 0. The van der Waals surface area contributed by atoms with Crippen molar-refractivity contribution in [2.24, 2.45) is 11.7 Å². The molecule has 1 atom stereocenters. The predicted octanol–water partition coefficient (Wildman–Crippen LogP) is 2.08. The Bertz CT molecular complexity index is 467. The van der Waals surface area contributed by atoms with E-state index < -0.39 is 0 Å². The molecule has 1 aromatic carbocycles. The van der Waals surface area contributed by atoms with Gasteiger partial charge in [0.15, 0.2) is 0 Å². The van der Waals surface area contributed by atoms with Crippen LogP contribution >= 0.6 is 0 Å². The molecule has 0 radical (unpaired) electrons. The minimum atomic E-state index is -0.121. The summed E-state index contributed by atoms with van der Waals surface area (Å²) in [5, 5.41) is 0. The van der Waals surface area contributed by atoms with Gasteiger partial charge in [0.1, 0.15) is 5.82 Å². The van der Waals surface area contributed by atoms with Crippen LogP contribution in [0.4, 0.5) is 10.1 Å².